The van der Waals surface area contributed by atoms with Crippen molar-refractivity contribution in [2.24, 2.45) is 5.92 Å². The molecule has 19 heavy (non-hydrogen) atoms. The van der Waals surface area contributed by atoms with Gasteiger partial charge in [0.2, 0.25) is 5.91 Å². The fraction of sp³-hybridized carbons (Fsp3) is 0.188. The van der Waals surface area contributed by atoms with Gasteiger partial charge in [-0.05, 0) is 36.2 Å². The lowest BCUT2D eigenvalue weighted by Crippen LogP contribution is -2.22. The van der Waals surface area contributed by atoms with Gasteiger partial charge in [0.15, 0.2) is 0 Å². The summed E-state index contributed by atoms with van der Waals surface area (Å²) in [6, 6.07) is 17.1. The lowest BCUT2D eigenvalue weighted by molar-refractivity contribution is -0.119. The Kier molecular flexibility index (Phi) is 4.58. The van der Waals surface area contributed by atoms with E-state index in [0.717, 1.165) is 12.1 Å². The molecule has 0 aliphatic rings. The van der Waals surface area contributed by atoms with E-state index in [9.17, 15) is 4.79 Å². The molecule has 3 heteroatoms. The molecule has 0 radical (unpaired) electrons. The zero-order valence-electron chi connectivity index (χ0n) is 10.8. The van der Waals surface area contributed by atoms with E-state index >= 15 is 0 Å². The Morgan fingerprint density at radius 2 is 1.74 bits per heavy atom. The van der Waals surface area contributed by atoms with E-state index in [2.05, 4.69) is 5.32 Å². The molecule has 0 aliphatic heterocycles. The van der Waals surface area contributed by atoms with Crippen molar-refractivity contribution in [2.45, 2.75) is 13.3 Å². The summed E-state index contributed by atoms with van der Waals surface area (Å²) in [5.41, 5.74) is 1.94. The standard InChI is InChI=1S/C16H16ClNO/c1-12(11-13-5-3-2-4-6-13)16(19)18-15-9-7-14(17)8-10-15/h2-10,12H,11H2,1H3,(H,18,19). The third-order valence-electron chi connectivity index (χ3n) is 2.94. The maximum Gasteiger partial charge on any atom is 0.227 e. The summed E-state index contributed by atoms with van der Waals surface area (Å²) in [6.45, 7) is 1.93. The van der Waals surface area contributed by atoms with Gasteiger partial charge in [-0.3, -0.25) is 4.79 Å². The van der Waals surface area contributed by atoms with Gasteiger partial charge in [-0.1, -0.05) is 48.9 Å². The highest BCUT2D eigenvalue weighted by atomic mass is 35.5. The Balaban J connectivity index is 1.94. The van der Waals surface area contributed by atoms with Crippen LogP contribution in [0.2, 0.25) is 5.02 Å². The van der Waals surface area contributed by atoms with Crippen LogP contribution >= 0.6 is 11.6 Å². The number of rotatable bonds is 4. The maximum absolute atomic E-state index is 12.1. The second kappa shape index (κ2) is 6.39. The van der Waals surface area contributed by atoms with Crippen molar-refractivity contribution >= 4 is 23.2 Å². The highest BCUT2D eigenvalue weighted by Gasteiger charge is 2.13. The summed E-state index contributed by atoms with van der Waals surface area (Å²) in [5, 5.41) is 3.55. The molecule has 0 saturated carbocycles. The number of benzene rings is 2. The Labute approximate surface area is 118 Å². The van der Waals surface area contributed by atoms with Crippen molar-refractivity contribution < 1.29 is 4.79 Å². The van der Waals surface area contributed by atoms with Gasteiger partial charge in [-0.15, -0.1) is 0 Å². The summed E-state index contributed by atoms with van der Waals surface area (Å²) in [6.07, 6.45) is 0.736. The number of nitrogens with one attached hydrogen (secondary N) is 1. The molecule has 0 saturated heterocycles. The molecule has 1 unspecified atom stereocenters. The van der Waals surface area contributed by atoms with Gasteiger partial charge >= 0.3 is 0 Å². The fourth-order valence-corrected chi connectivity index (χ4v) is 1.99. The van der Waals surface area contributed by atoms with Crippen LogP contribution in [0, 0.1) is 5.92 Å². The molecule has 2 aromatic carbocycles. The van der Waals surface area contributed by atoms with E-state index in [0.29, 0.717) is 5.02 Å². The van der Waals surface area contributed by atoms with E-state index in [1.54, 1.807) is 24.3 Å². The normalized spacial score (nSPS) is 11.9. The van der Waals surface area contributed by atoms with Crippen LogP contribution in [0.25, 0.3) is 0 Å². The predicted octanol–water partition coefficient (Wildman–Crippen LogP) is 4.16. The average molecular weight is 274 g/mol. The smallest absolute Gasteiger partial charge is 0.227 e. The summed E-state index contributed by atoms with van der Waals surface area (Å²) >= 11 is 5.81. The number of hydrogen-bond acceptors (Lipinski definition) is 1. The topological polar surface area (TPSA) is 29.1 Å². The zero-order chi connectivity index (χ0) is 13.7. The predicted molar refractivity (Wildman–Crippen MR) is 79.4 cm³/mol. The quantitative estimate of drug-likeness (QED) is 0.890. The Morgan fingerprint density at radius 1 is 1.11 bits per heavy atom. The van der Waals surface area contributed by atoms with E-state index in [4.69, 9.17) is 11.6 Å². The average Bonchev–Trinajstić information content (AvgIpc) is 2.42. The molecule has 0 aliphatic carbocycles. The molecule has 1 N–H and O–H groups in total. The molecule has 98 valence electrons. The molecule has 0 bridgehead atoms. The first kappa shape index (κ1) is 13.6. The van der Waals surface area contributed by atoms with E-state index in [1.165, 1.54) is 5.56 Å². The Hall–Kier alpha value is -1.80. The Bertz CT molecular complexity index is 536. The second-order valence-corrected chi connectivity index (χ2v) is 5.02. The van der Waals surface area contributed by atoms with Crippen molar-refractivity contribution in [3.05, 3.63) is 65.2 Å². The number of halogens is 1. The van der Waals surface area contributed by atoms with Crippen LogP contribution in [0.4, 0.5) is 5.69 Å². The number of amides is 1. The summed E-state index contributed by atoms with van der Waals surface area (Å²) in [7, 11) is 0. The van der Waals surface area contributed by atoms with Crippen molar-refractivity contribution in [1.82, 2.24) is 0 Å². The molecule has 0 spiro atoms. The highest BCUT2D eigenvalue weighted by Crippen LogP contribution is 2.15. The fourth-order valence-electron chi connectivity index (χ4n) is 1.86. The summed E-state index contributed by atoms with van der Waals surface area (Å²) < 4.78 is 0. The maximum atomic E-state index is 12.1. The van der Waals surface area contributed by atoms with Gasteiger partial charge in [0.05, 0.1) is 0 Å². The molecule has 2 nitrogen and oxygen atoms in total. The summed E-state index contributed by atoms with van der Waals surface area (Å²) in [4.78, 5) is 12.1. The highest BCUT2D eigenvalue weighted by molar-refractivity contribution is 6.30. The molecule has 0 fully saturated rings. The third kappa shape index (κ3) is 4.11. The van der Waals surface area contributed by atoms with Crippen LogP contribution in [0.3, 0.4) is 0 Å². The Morgan fingerprint density at radius 3 is 2.37 bits per heavy atom. The van der Waals surface area contributed by atoms with Crippen molar-refractivity contribution in [3.8, 4) is 0 Å². The number of carbonyl (C=O) groups is 1. The number of hydrogen-bond donors (Lipinski definition) is 1. The lowest BCUT2D eigenvalue weighted by Gasteiger charge is -2.12. The SMILES string of the molecule is CC(Cc1ccccc1)C(=O)Nc1ccc(Cl)cc1. The zero-order valence-corrected chi connectivity index (χ0v) is 11.5. The molecule has 0 heterocycles. The van der Waals surface area contributed by atoms with Crippen LogP contribution in [0.15, 0.2) is 54.6 Å². The van der Waals surface area contributed by atoms with Crippen LogP contribution in [-0.4, -0.2) is 5.91 Å². The van der Waals surface area contributed by atoms with Crippen molar-refractivity contribution in [2.75, 3.05) is 5.32 Å². The molecule has 0 aromatic heterocycles. The van der Waals surface area contributed by atoms with Crippen LogP contribution in [0.5, 0.6) is 0 Å². The molecule has 2 aromatic rings. The largest absolute Gasteiger partial charge is 0.326 e. The minimum absolute atomic E-state index is 0.0196. The molecular weight excluding hydrogens is 258 g/mol. The minimum atomic E-state index is -0.0712. The van der Waals surface area contributed by atoms with Gasteiger partial charge in [0, 0.05) is 16.6 Å². The number of carbonyl (C=O) groups excluding carboxylic acids is 1. The number of anilines is 1. The monoisotopic (exact) mass is 273 g/mol. The summed E-state index contributed by atoms with van der Waals surface area (Å²) in [5.74, 6) is -0.0516. The van der Waals surface area contributed by atoms with E-state index < -0.39 is 0 Å². The van der Waals surface area contributed by atoms with Crippen molar-refractivity contribution in [3.63, 3.8) is 0 Å². The van der Waals surface area contributed by atoms with Gasteiger partial charge in [-0.2, -0.15) is 0 Å². The van der Waals surface area contributed by atoms with Crippen LogP contribution in [-0.2, 0) is 11.2 Å². The van der Waals surface area contributed by atoms with Crippen LogP contribution in [0.1, 0.15) is 12.5 Å². The van der Waals surface area contributed by atoms with E-state index in [-0.39, 0.29) is 11.8 Å². The van der Waals surface area contributed by atoms with Gasteiger partial charge in [-0.25, -0.2) is 0 Å². The van der Waals surface area contributed by atoms with Gasteiger partial charge in [0.1, 0.15) is 0 Å². The van der Waals surface area contributed by atoms with Gasteiger partial charge < -0.3 is 5.32 Å². The first-order valence-corrected chi connectivity index (χ1v) is 6.63. The van der Waals surface area contributed by atoms with Crippen LogP contribution < -0.4 is 5.32 Å². The van der Waals surface area contributed by atoms with Crippen molar-refractivity contribution in [1.29, 1.82) is 0 Å². The second-order valence-electron chi connectivity index (χ2n) is 4.59. The first-order valence-electron chi connectivity index (χ1n) is 6.25. The lowest BCUT2D eigenvalue weighted by atomic mass is 10.0. The molecular formula is C16H16ClNO. The third-order valence-corrected chi connectivity index (χ3v) is 3.20. The molecule has 1 atom stereocenters. The van der Waals surface area contributed by atoms with E-state index in [1.807, 2.05) is 37.3 Å². The van der Waals surface area contributed by atoms with Gasteiger partial charge in [0.25, 0.3) is 0 Å². The minimum Gasteiger partial charge on any atom is -0.326 e. The molecule has 1 amide bonds. The first-order chi connectivity index (χ1) is 9.15. The molecule has 2 rings (SSSR count).